The van der Waals surface area contributed by atoms with Crippen LogP contribution in [0, 0.1) is 17.7 Å². The van der Waals surface area contributed by atoms with Crippen LogP contribution in [0.25, 0.3) is 16.6 Å². The maximum Gasteiger partial charge on any atom is 0.230 e. The van der Waals surface area contributed by atoms with Crippen molar-refractivity contribution in [2.45, 2.75) is 32.2 Å². The van der Waals surface area contributed by atoms with Gasteiger partial charge in [-0.1, -0.05) is 37.3 Å². The summed E-state index contributed by atoms with van der Waals surface area (Å²) < 4.78 is 15.0. The minimum absolute atomic E-state index is 0.0159. The normalized spacial score (nSPS) is 19.5. The van der Waals surface area contributed by atoms with E-state index in [1.807, 2.05) is 48.2 Å². The van der Waals surface area contributed by atoms with E-state index in [0.717, 1.165) is 47.1 Å². The van der Waals surface area contributed by atoms with Crippen molar-refractivity contribution in [1.29, 1.82) is 0 Å². The minimum atomic E-state index is -0.277. The van der Waals surface area contributed by atoms with E-state index in [-0.39, 0.29) is 35.5 Å². The Morgan fingerprint density at radius 1 is 1.00 bits per heavy atom. The quantitative estimate of drug-likeness (QED) is 0.447. The van der Waals surface area contributed by atoms with Crippen LogP contribution in [-0.4, -0.2) is 21.6 Å². The van der Waals surface area contributed by atoms with Crippen LogP contribution in [0.2, 0.25) is 0 Å². The Morgan fingerprint density at radius 3 is 2.31 bits per heavy atom. The molecule has 1 aliphatic carbocycles. The van der Waals surface area contributed by atoms with Gasteiger partial charge in [-0.2, -0.15) is 5.10 Å². The van der Waals surface area contributed by atoms with E-state index < -0.39 is 0 Å². The summed E-state index contributed by atoms with van der Waals surface area (Å²) in [6.07, 6.45) is 4.63. The molecule has 2 N–H and O–H groups in total. The molecule has 1 saturated carbocycles. The van der Waals surface area contributed by atoms with Crippen LogP contribution in [0.5, 0.6) is 0 Å². The number of fused-ring (bicyclic) bond motifs is 1. The number of hydrogen-bond donors (Lipinski definition) is 1. The molecule has 2 atom stereocenters. The molecule has 3 aromatic carbocycles. The molecule has 1 saturated heterocycles. The number of hydrogen-bond acceptors (Lipinski definition) is 3. The van der Waals surface area contributed by atoms with Gasteiger partial charge < -0.3 is 10.6 Å². The number of primary amides is 1. The fourth-order valence-corrected chi connectivity index (χ4v) is 4.53. The van der Waals surface area contributed by atoms with Crippen LogP contribution in [-0.2, 0) is 9.59 Å². The van der Waals surface area contributed by atoms with Crippen molar-refractivity contribution in [3.8, 4) is 5.69 Å². The third-order valence-corrected chi connectivity index (χ3v) is 6.61. The minimum Gasteiger partial charge on any atom is -0.369 e. The van der Waals surface area contributed by atoms with Crippen molar-refractivity contribution in [1.82, 2.24) is 9.78 Å². The number of aromatic nitrogens is 2. The number of carbonyl (C=O) groups is 2. The number of nitrogens with two attached hydrogens (primary N) is 1. The van der Waals surface area contributed by atoms with E-state index in [1.165, 1.54) is 12.1 Å². The van der Waals surface area contributed by atoms with Crippen molar-refractivity contribution in [3.63, 3.8) is 0 Å². The molecule has 0 spiro atoms. The topological polar surface area (TPSA) is 81.2 Å². The Kier molecular flexibility index (Phi) is 6.07. The van der Waals surface area contributed by atoms with Crippen LogP contribution < -0.4 is 10.6 Å². The second-order valence-corrected chi connectivity index (χ2v) is 9.22. The number of carbonyl (C=O) groups excluding carboxylic acids is 2. The van der Waals surface area contributed by atoms with Crippen LogP contribution in [0.1, 0.15) is 37.8 Å². The van der Waals surface area contributed by atoms with Crippen molar-refractivity contribution in [2.75, 3.05) is 4.90 Å². The Morgan fingerprint density at radius 2 is 1.69 bits per heavy atom. The third-order valence-electron chi connectivity index (χ3n) is 6.61. The number of anilines is 1. The predicted octanol–water partition coefficient (Wildman–Crippen LogP) is 5.16. The summed E-state index contributed by atoms with van der Waals surface area (Å²) in [6.45, 7) is 1.99. The van der Waals surface area contributed by atoms with Gasteiger partial charge in [-0.25, -0.2) is 9.07 Å². The van der Waals surface area contributed by atoms with Crippen molar-refractivity contribution in [2.24, 2.45) is 17.6 Å². The number of amides is 2. The van der Waals surface area contributed by atoms with Crippen molar-refractivity contribution < 1.29 is 14.0 Å². The number of rotatable bonds is 4. The molecule has 2 aliphatic rings. The summed E-state index contributed by atoms with van der Waals surface area (Å²) >= 11 is 0. The van der Waals surface area contributed by atoms with Gasteiger partial charge in [0.15, 0.2) is 0 Å². The summed E-state index contributed by atoms with van der Waals surface area (Å²) in [5.74, 6) is -0.0388. The van der Waals surface area contributed by atoms with Gasteiger partial charge >= 0.3 is 0 Å². The van der Waals surface area contributed by atoms with Gasteiger partial charge in [-0.05, 0) is 67.3 Å². The SMILES string of the molecule is C[C@H]1C[C@@H](c2ccccc2)N(c2ccc3c(cnn3-c3ccc(F)cc3)c2)C1=O.NC(=O)C1CC1. The molecule has 35 heavy (non-hydrogen) atoms. The molecular formula is C28H27FN4O2. The van der Waals surface area contributed by atoms with Crippen LogP contribution in [0.3, 0.4) is 0 Å². The largest absolute Gasteiger partial charge is 0.369 e. The Balaban J connectivity index is 0.000000371. The van der Waals surface area contributed by atoms with Gasteiger partial charge in [-0.3, -0.25) is 9.59 Å². The van der Waals surface area contributed by atoms with Crippen LogP contribution in [0.15, 0.2) is 79.0 Å². The van der Waals surface area contributed by atoms with E-state index in [0.29, 0.717) is 0 Å². The Hall–Kier alpha value is -4.00. The molecule has 2 amide bonds. The first kappa shape index (κ1) is 22.8. The molecule has 0 radical (unpaired) electrons. The first-order valence-electron chi connectivity index (χ1n) is 11.8. The number of benzene rings is 3. The lowest BCUT2D eigenvalue weighted by Crippen LogP contribution is -2.28. The third kappa shape index (κ3) is 4.67. The lowest BCUT2D eigenvalue weighted by molar-refractivity contribution is -0.120. The summed E-state index contributed by atoms with van der Waals surface area (Å²) in [5, 5.41) is 5.40. The maximum absolute atomic E-state index is 13.2. The van der Waals surface area contributed by atoms with Gasteiger partial charge in [0.1, 0.15) is 5.82 Å². The van der Waals surface area contributed by atoms with E-state index in [1.54, 1.807) is 23.0 Å². The van der Waals surface area contributed by atoms with Gasteiger partial charge in [0.05, 0.1) is 23.4 Å². The van der Waals surface area contributed by atoms with Gasteiger partial charge in [0.25, 0.3) is 0 Å². The molecule has 2 heterocycles. The van der Waals surface area contributed by atoms with Gasteiger partial charge in [0.2, 0.25) is 11.8 Å². The first-order chi connectivity index (χ1) is 16.9. The average Bonchev–Trinajstić information content (AvgIpc) is 3.58. The summed E-state index contributed by atoms with van der Waals surface area (Å²) in [6, 6.07) is 22.4. The van der Waals surface area contributed by atoms with Crippen molar-refractivity contribution >= 4 is 28.4 Å². The highest BCUT2D eigenvalue weighted by molar-refractivity contribution is 6.00. The molecule has 1 aliphatic heterocycles. The maximum atomic E-state index is 13.2. The smallest absolute Gasteiger partial charge is 0.230 e. The van der Waals surface area contributed by atoms with E-state index in [9.17, 15) is 14.0 Å². The molecule has 0 bridgehead atoms. The van der Waals surface area contributed by atoms with Gasteiger partial charge in [-0.15, -0.1) is 0 Å². The highest BCUT2D eigenvalue weighted by Crippen LogP contribution is 2.40. The molecule has 2 fully saturated rings. The molecule has 4 aromatic rings. The van der Waals surface area contributed by atoms with E-state index in [4.69, 9.17) is 5.73 Å². The highest BCUT2D eigenvalue weighted by atomic mass is 19.1. The van der Waals surface area contributed by atoms with Crippen LogP contribution >= 0.6 is 0 Å². The Labute approximate surface area is 203 Å². The summed E-state index contributed by atoms with van der Waals surface area (Å²) in [5.41, 5.74) is 8.59. The van der Waals surface area contributed by atoms with Crippen molar-refractivity contribution in [3.05, 3.63) is 90.4 Å². The molecular weight excluding hydrogens is 443 g/mol. The summed E-state index contributed by atoms with van der Waals surface area (Å²) in [7, 11) is 0. The average molecular weight is 471 g/mol. The fraction of sp³-hybridized carbons (Fsp3) is 0.250. The second kappa shape index (κ2) is 9.33. The predicted molar refractivity (Wildman–Crippen MR) is 133 cm³/mol. The van der Waals surface area contributed by atoms with Crippen LogP contribution in [0.4, 0.5) is 10.1 Å². The standard InChI is InChI=1S/C24H20FN3O.C4H7NO/c1-16-13-23(17-5-3-2-4-6-17)27(24(16)29)21-11-12-22-18(14-21)15-26-28(22)20-9-7-19(25)8-10-20;5-4(6)3-1-2-3/h2-12,14-16,23H,13H2,1H3;3H,1-2H2,(H2,5,6)/t16-,23-;/m0./s1. The number of halogens is 1. The first-order valence-corrected chi connectivity index (χ1v) is 11.8. The van der Waals surface area contributed by atoms with E-state index in [2.05, 4.69) is 17.2 Å². The zero-order chi connectivity index (χ0) is 24.5. The summed E-state index contributed by atoms with van der Waals surface area (Å²) in [4.78, 5) is 24.8. The highest BCUT2D eigenvalue weighted by Gasteiger charge is 2.38. The zero-order valence-corrected chi connectivity index (χ0v) is 19.5. The molecule has 1 aromatic heterocycles. The fourth-order valence-electron chi connectivity index (χ4n) is 4.53. The van der Waals surface area contributed by atoms with Gasteiger partial charge in [0, 0.05) is 22.9 Å². The lowest BCUT2D eigenvalue weighted by Gasteiger charge is -2.25. The molecule has 6 nitrogen and oxygen atoms in total. The monoisotopic (exact) mass is 470 g/mol. The molecule has 178 valence electrons. The number of nitrogens with zero attached hydrogens (tertiary/aromatic N) is 3. The second-order valence-electron chi connectivity index (χ2n) is 9.22. The molecule has 0 unspecified atom stereocenters. The molecule has 6 rings (SSSR count). The zero-order valence-electron chi connectivity index (χ0n) is 19.5. The lowest BCUT2D eigenvalue weighted by atomic mass is 10.0. The Bertz CT molecular complexity index is 1360. The molecule has 7 heteroatoms. The van der Waals surface area contributed by atoms with E-state index >= 15 is 0 Å².